The third kappa shape index (κ3) is 7.39. The second kappa shape index (κ2) is 11.3. The van der Waals surface area contributed by atoms with Gasteiger partial charge < -0.3 is 26.0 Å². The Labute approximate surface area is 188 Å². The zero-order chi connectivity index (χ0) is 22.9. The Kier molecular flexibility index (Phi) is 8.21. The second-order valence-electron chi connectivity index (χ2n) is 7.96. The molecule has 2 aromatic rings. The van der Waals surface area contributed by atoms with Crippen LogP contribution in [0.1, 0.15) is 43.4 Å². The molecule has 4 N–H and O–H groups in total. The molecule has 0 aliphatic carbocycles. The van der Waals surface area contributed by atoms with E-state index >= 15 is 0 Å². The highest BCUT2D eigenvalue weighted by atomic mass is 16.5. The van der Waals surface area contributed by atoms with Gasteiger partial charge in [-0.1, -0.05) is 29.8 Å². The highest BCUT2D eigenvalue weighted by Gasteiger charge is 2.18. The molecule has 3 rings (SSSR count). The molecule has 170 valence electrons. The summed E-state index contributed by atoms with van der Waals surface area (Å²) < 4.78 is 5.48. The van der Waals surface area contributed by atoms with Gasteiger partial charge in [-0.2, -0.15) is 0 Å². The molecule has 32 heavy (non-hydrogen) atoms. The number of hydrogen-bond donors (Lipinski definition) is 4. The summed E-state index contributed by atoms with van der Waals surface area (Å²) in [7, 11) is 0. The maximum Gasteiger partial charge on any atom is 0.319 e. The first kappa shape index (κ1) is 23.3. The first-order valence-electron chi connectivity index (χ1n) is 10.8. The van der Waals surface area contributed by atoms with Crippen LogP contribution in [0.4, 0.5) is 16.2 Å². The summed E-state index contributed by atoms with van der Waals surface area (Å²) in [6.45, 7) is 4.64. The lowest BCUT2D eigenvalue weighted by Crippen LogP contribution is -2.35. The van der Waals surface area contributed by atoms with Crippen molar-refractivity contribution in [2.45, 2.75) is 45.3 Å². The number of hydrogen-bond acceptors (Lipinski definition) is 4. The molecule has 0 bridgehead atoms. The van der Waals surface area contributed by atoms with E-state index in [1.807, 2.05) is 31.2 Å². The number of amides is 4. The summed E-state index contributed by atoms with van der Waals surface area (Å²) >= 11 is 0. The third-order valence-electron chi connectivity index (χ3n) is 5.19. The molecule has 1 aliphatic rings. The first-order chi connectivity index (χ1) is 15.4. The van der Waals surface area contributed by atoms with E-state index in [0.717, 1.165) is 30.6 Å². The van der Waals surface area contributed by atoms with E-state index in [4.69, 9.17) is 4.74 Å². The molecular formula is C24H30N4O4. The van der Waals surface area contributed by atoms with Gasteiger partial charge in [0.15, 0.2) is 0 Å². The molecule has 1 fully saturated rings. The van der Waals surface area contributed by atoms with E-state index in [9.17, 15) is 14.4 Å². The summed E-state index contributed by atoms with van der Waals surface area (Å²) in [6, 6.07) is 13.9. The molecule has 4 amide bonds. The van der Waals surface area contributed by atoms with Crippen molar-refractivity contribution >= 4 is 29.2 Å². The molecule has 1 heterocycles. The van der Waals surface area contributed by atoms with Gasteiger partial charge in [0.2, 0.25) is 11.8 Å². The van der Waals surface area contributed by atoms with Gasteiger partial charge in [0.1, 0.15) is 0 Å². The molecule has 8 nitrogen and oxygen atoms in total. The summed E-state index contributed by atoms with van der Waals surface area (Å²) in [5.41, 5.74) is 3.19. The fraction of sp³-hybridized carbons (Fsp3) is 0.375. The number of carbonyl (C=O) groups is 3. The van der Waals surface area contributed by atoms with E-state index in [2.05, 4.69) is 21.3 Å². The van der Waals surface area contributed by atoms with Gasteiger partial charge in [-0.3, -0.25) is 9.59 Å². The number of benzene rings is 2. The highest BCUT2D eigenvalue weighted by molar-refractivity contribution is 5.93. The van der Waals surface area contributed by atoms with E-state index in [-0.39, 0.29) is 30.4 Å². The molecule has 0 saturated carbocycles. The summed E-state index contributed by atoms with van der Waals surface area (Å²) in [6.07, 6.45) is 2.17. The predicted octanol–water partition coefficient (Wildman–Crippen LogP) is 3.50. The Balaban J connectivity index is 1.50. The smallest absolute Gasteiger partial charge is 0.319 e. The maximum atomic E-state index is 12.6. The van der Waals surface area contributed by atoms with Crippen molar-refractivity contribution in [2.75, 3.05) is 23.8 Å². The van der Waals surface area contributed by atoms with Crippen LogP contribution in [0.2, 0.25) is 0 Å². The average molecular weight is 439 g/mol. The van der Waals surface area contributed by atoms with Crippen LogP contribution < -0.4 is 21.3 Å². The number of rotatable bonds is 8. The molecule has 1 aliphatic heterocycles. The molecule has 0 radical (unpaired) electrons. The minimum absolute atomic E-state index is 0.0829. The lowest BCUT2D eigenvalue weighted by atomic mass is 10.0. The predicted molar refractivity (Wildman–Crippen MR) is 123 cm³/mol. The van der Waals surface area contributed by atoms with Gasteiger partial charge in [-0.05, 0) is 49.6 Å². The Hall–Kier alpha value is -3.39. The Morgan fingerprint density at radius 1 is 1.00 bits per heavy atom. The quantitative estimate of drug-likeness (QED) is 0.506. The Bertz CT molecular complexity index is 922. The molecule has 2 unspecified atom stereocenters. The van der Waals surface area contributed by atoms with Crippen LogP contribution in [-0.4, -0.2) is 37.1 Å². The van der Waals surface area contributed by atoms with Gasteiger partial charge >= 0.3 is 6.03 Å². The minimum atomic E-state index is -0.415. The topological polar surface area (TPSA) is 109 Å². The lowest BCUT2D eigenvalue weighted by molar-refractivity contribution is -0.120. The molecule has 0 spiro atoms. The van der Waals surface area contributed by atoms with E-state index < -0.39 is 6.04 Å². The van der Waals surface area contributed by atoms with Crippen LogP contribution >= 0.6 is 0 Å². The molecule has 2 atom stereocenters. The van der Waals surface area contributed by atoms with Gasteiger partial charge in [0, 0.05) is 31.5 Å². The van der Waals surface area contributed by atoms with E-state index in [1.54, 1.807) is 24.3 Å². The molecule has 2 aromatic carbocycles. The van der Waals surface area contributed by atoms with Crippen LogP contribution in [0.5, 0.6) is 0 Å². The van der Waals surface area contributed by atoms with Gasteiger partial charge in [-0.25, -0.2) is 4.79 Å². The first-order valence-corrected chi connectivity index (χ1v) is 10.8. The zero-order valence-corrected chi connectivity index (χ0v) is 18.4. The van der Waals surface area contributed by atoms with Crippen LogP contribution in [0, 0.1) is 6.92 Å². The molecule has 1 saturated heterocycles. The normalized spacial score (nSPS) is 16.1. The van der Waals surface area contributed by atoms with E-state index in [1.165, 1.54) is 6.92 Å². The SMILES string of the molecule is CC(=O)NC(CC(=O)Nc1ccc(NC(=O)NCC2CCCO2)cc1)c1ccc(C)cc1. The molecular weight excluding hydrogens is 408 g/mol. The standard InChI is InChI=1S/C24H30N4O4/c1-16-5-7-18(8-6-16)22(26-17(2)29)14-23(30)27-19-9-11-20(12-10-19)28-24(31)25-15-21-4-3-13-32-21/h5-12,21-22H,3-4,13-15H2,1-2H3,(H,26,29)(H,27,30)(H2,25,28,31). The van der Waals surface area contributed by atoms with Crippen LogP contribution in [0.15, 0.2) is 48.5 Å². The van der Waals surface area contributed by atoms with Crippen molar-refractivity contribution in [3.8, 4) is 0 Å². The van der Waals surface area contributed by atoms with Crippen LogP contribution in [-0.2, 0) is 14.3 Å². The van der Waals surface area contributed by atoms with Gasteiger partial charge in [-0.15, -0.1) is 0 Å². The largest absolute Gasteiger partial charge is 0.376 e. The fourth-order valence-electron chi connectivity index (χ4n) is 3.52. The van der Waals surface area contributed by atoms with Crippen molar-refractivity contribution in [3.05, 3.63) is 59.7 Å². The Morgan fingerprint density at radius 2 is 1.66 bits per heavy atom. The second-order valence-corrected chi connectivity index (χ2v) is 7.96. The van der Waals surface area contributed by atoms with Crippen molar-refractivity contribution in [1.82, 2.24) is 10.6 Å². The Morgan fingerprint density at radius 3 is 2.25 bits per heavy atom. The number of aryl methyl sites for hydroxylation is 1. The number of urea groups is 1. The molecule has 0 aromatic heterocycles. The van der Waals surface area contributed by atoms with Gasteiger partial charge in [0.25, 0.3) is 0 Å². The van der Waals surface area contributed by atoms with Crippen LogP contribution in [0.25, 0.3) is 0 Å². The van der Waals surface area contributed by atoms with Crippen molar-refractivity contribution in [1.29, 1.82) is 0 Å². The average Bonchev–Trinajstić information content (AvgIpc) is 3.27. The highest BCUT2D eigenvalue weighted by Crippen LogP contribution is 2.20. The number of anilines is 2. The number of carbonyl (C=O) groups excluding carboxylic acids is 3. The lowest BCUT2D eigenvalue weighted by Gasteiger charge is -2.18. The van der Waals surface area contributed by atoms with Crippen LogP contribution in [0.3, 0.4) is 0 Å². The van der Waals surface area contributed by atoms with E-state index in [0.29, 0.717) is 17.9 Å². The summed E-state index contributed by atoms with van der Waals surface area (Å²) in [5.74, 6) is -0.420. The van der Waals surface area contributed by atoms with Crippen molar-refractivity contribution in [2.24, 2.45) is 0 Å². The minimum Gasteiger partial charge on any atom is -0.376 e. The van der Waals surface area contributed by atoms with Gasteiger partial charge in [0.05, 0.1) is 18.6 Å². The monoisotopic (exact) mass is 438 g/mol. The molecule has 8 heteroatoms. The zero-order valence-electron chi connectivity index (χ0n) is 18.4. The number of nitrogens with one attached hydrogen (secondary N) is 4. The maximum absolute atomic E-state index is 12.6. The summed E-state index contributed by atoms with van der Waals surface area (Å²) in [5, 5.41) is 11.2. The third-order valence-corrected chi connectivity index (χ3v) is 5.19. The summed E-state index contributed by atoms with van der Waals surface area (Å²) in [4.78, 5) is 36.2. The van der Waals surface area contributed by atoms with Crippen molar-refractivity contribution in [3.63, 3.8) is 0 Å². The van der Waals surface area contributed by atoms with Crippen molar-refractivity contribution < 1.29 is 19.1 Å². The fourth-order valence-corrected chi connectivity index (χ4v) is 3.52. The number of ether oxygens (including phenoxy) is 1.